The number of anilines is 1. The summed E-state index contributed by atoms with van der Waals surface area (Å²) in [6.45, 7) is 3.75. The van der Waals surface area contributed by atoms with E-state index in [1.807, 2.05) is 13.8 Å². The molecule has 2 rings (SSSR count). The molecule has 0 atom stereocenters. The lowest BCUT2D eigenvalue weighted by Crippen LogP contribution is -2.15. The minimum atomic E-state index is -0.413. The maximum atomic E-state index is 11.9. The van der Waals surface area contributed by atoms with E-state index in [4.69, 9.17) is 11.6 Å². The van der Waals surface area contributed by atoms with E-state index in [2.05, 4.69) is 25.5 Å². The third-order valence-electron chi connectivity index (χ3n) is 2.42. The SMILES string of the molecule is CCc1nc(C(=O)Nc2c(C)ccnc2Cl)n[nH]1. The molecular weight excluding hydrogens is 254 g/mol. The highest BCUT2D eigenvalue weighted by atomic mass is 35.5. The molecule has 2 N–H and O–H groups in total. The van der Waals surface area contributed by atoms with Crippen molar-refractivity contribution in [2.45, 2.75) is 20.3 Å². The first-order valence-electron chi connectivity index (χ1n) is 5.45. The normalized spacial score (nSPS) is 10.4. The van der Waals surface area contributed by atoms with Gasteiger partial charge >= 0.3 is 0 Å². The van der Waals surface area contributed by atoms with Crippen LogP contribution in [0.4, 0.5) is 5.69 Å². The van der Waals surface area contributed by atoms with Crippen molar-refractivity contribution < 1.29 is 4.79 Å². The van der Waals surface area contributed by atoms with E-state index in [-0.39, 0.29) is 11.0 Å². The molecule has 18 heavy (non-hydrogen) atoms. The number of carbonyl (C=O) groups excluding carboxylic acids is 1. The van der Waals surface area contributed by atoms with Crippen LogP contribution in [-0.4, -0.2) is 26.1 Å². The topological polar surface area (TPSA) is 83.6 Å². The molecule has 1 amide bonds. The van der Waals surface area contributed by atoms with Gasteiger partial charge in [-0.2, -0.15) is 0 Å². The van der Waals surface area contributed by atoms with E-state index < -0.39 is 5.91 Å². The Labute approximate surface area is 109 Å². The fourth-order valence-corrected chi connectivity index (χ4v) is 1.65. The summed E-state index contributed by atoms with van der Waals surface area (Å²) in [4.78, 5) is 19.9. The molecule has 6 nitrogen and oxygen atoms in total. The summed E-state index contributed by atoms with van der Waals surface area (Å²) in [5.74, 6) is 0.337. The molecule has 0 aliphatic rings. The Kier molecular flexibility index (Phi) is 3.57. The van der Waals surface area contributed by atoms with Crippen LogP contribution < -0.4 is 5.32 Å². The van der Waals surface area contributed by atoms with Gasteiger partial charge < -0.3 is 5.32 Å². The molecule has 2 aromatic rings. The Hall–Kier alpha value is -1.95. The molecule has 0 unspecified atom stereocenters. The Morgan fingerprint density at radius 1 is 1.56 bits per heavy atom. The Morgan fingerprint density at radius 3 is 2.94 bits per heavy atom. The molecule has 0 saturated heterocycles. The molecule has 0 aliphatic carbocycles. The average molecular weight is 266 g/mol. The van der Waals surface area contributed by atoms with Gasteiger partial charge in [0.25, 0.3) is 5.91 Å². The van der Waals surface area contributed by atoms with Gasteiger partial charge in [-0.05, 0) is 18.6 Å². The number of amides is 1. The first kappa shape index (κ1) is 12.5. The van der Waals surface area contributed by atoms with Gasteiger partial charge in [0, 0.05) is 12.6 Å². The van der Waals surface area contributed by atoms with E-state index in [1.165, 1.54) is 0 Å². The number of nitrogens with zero attached hydrogens (tertiary/aromatic N) is 3. The summed E-state index contributed by atoms with van der Waals surface area (Å²) in [5.41, 5.74) is 1.31. The van der Waals surface area contributed by atoms with E-state index >= 15 is 0 Å². The Bertz CT molecular complexity index is 560. The first-order chi connectivity index (χ1) is 8.61. The van der Waals surface area contributed by atoms with Crippen LogP contribution in [0.25, 0.3) is 0 Å². The molecular formula is C11H12ClN5O. The molecule has 0 saturated carbocycles. The number of rotatable bonds is 3. The fraction of sp³-hybridized carbons (Fsp3) is 0.273. The second kappa shape index (κ2) is 5.14. The summed E-state index contributed by atoms with van der Waals surface area (Å²) in [6, 6.07) is 1.76. The molecule has 2 heterocycles. The number of carbonyl (C=O) groups is 1. The van der Waals surface area contributed by atoms with Crippen molar-refractivity contribution in [3.8, 4) is 0 Å². The van der Waals surface area contributed by atoms with Gasteiger partial charge in [0.1, 0.15) is 5.82 Å². The number of aryl methyl sites for hydroxylation is 2. The monoisotopic (exact) mass is 265 g/mol. The summed E-state index contributed by atoms with van der Waals surface area (Å²) in [7, 11) is 0. The number of H-pyrrole nitrogens is 1. The van der Waals surface area contributed by atoms with Gasteiger partial charge in [0.05, 0.1) is 5.69 Å². The molecule has 0 spiro atoms. The molecule has 7 heteroatoms. The van der Waals surface area contributed by atoms with Crippen LogP contribution in [0, 0.1) is 6.92 Å². The van der Waals surface area contributed by atoms with Gasteiger partial charge in [-0.3, -0.25) is 9.89 Å². The van der Waals surface area contributed by atoms with E-state index in [1.54, 1.807) is 12.3 Å². The van der Waals surface area contributed by atoms with Crippen molar-refractivity contribution in [2.75, 3.05) is 5.32 Å². The van der Waals surface area contributed by atoms with E-state index in [0.717, 1.165) is 5.56 Å². The maximum absolute atomic E-state index is 11.9. The lowest BCUT2D eigenvalue weighted by Gasteiger charge is -2.07. The zero-order valence-electron chi connectivity index (χ0n) is 9.99. The predicted molar refractivity (Wildman–Crippen MR) is 67.7 cm³/mol. The van der Waals surface area contributed by atoms with Crippen LogP contribution in [-0.2, 0) is 6.42 Å². The Morgan fingerprint density at radius 2 is 2.33 bits per heavy atom. The highest BCUT2D eigenvalue weighted by Gasteiger charge is 2.15. The van der Waals surface area contributed by atoms with Gasteiger partial charge in [0.2, 0.25) is 5.82 Å². The molecule has 0 aromatic carbocycles. The van der Waals surface area contributed by atoms with Crippen molar-refractivity contribution in [2.24, 2.45) is 0 Å². The van der Waals surface area contributed by atoms with Gasteiger partial charge in [-0.15, -0.1) is 5.10 Å². The standard InChI is InChI=1S/C11H12ClN5O/c1-3-7-14-10(17-16-7)11(18)15-8-6(2)4-5-13-9(8)12/h4-5H,3H2,1-2H3,(H,15,18)(H,14,16,17). The van der Waals surface area contributed by atoms with Crippen molar-refractivity contribution in [1.82, 2.24) is 20.2 Å². The summed E-state index contributed by atoms with van der Waals surface area (Å²) in [6.07, 6.45) is 2.27. The molecule has 2 aromatic heterocycles. The van der Waals surface area contributed by atoms with Gasteiger partial charge in [-0.1, -0.05) is 18.5 Å². The smallest absolute Gasteiger partial charge is 0.295 e. The highest BCUT2D eigenvalue weighted by molar-refractivity contribution is 6.32. The van der Waals surface area contributed by atoms with Crippen LogP contribution in [0.3, 0.4) is 0 Å². The fourth-order valence-electron chi connectivity index (χ4n) is 1.40. The number of hydrogen-bond acceptors (Lipinski definition) is 4. The maximum Gasteiger partial charge on any atom is 0.295 e. The quantitative estimate of drug-likeness (QED) is 0.831. The van der Waals surface area contributed by atoms with Crippen LogP contribution >= 0.6 is 11.6 Å². The molecule has 94 valence electrons. The average Bonchev–Trinajstić information content (AvgIpc) is 2.82. The number of pyridine rings is 1. The minimum Gasteiger partial charge on any atom is -0.316 e. The summed E-state index contributed by atoms with van der Waals surface area (Å²) >= 11 is 5.92. The zero-order chi connectivity index (χ0) is 13.1. The lowest BCUT2D eigenvalue weighted by molar-refractivity contribution is 0.101. The van der Waals surface area contributed by atoms with Gasteiger partial charge in [-0.25, -0.2) is 9.97 Å². The largest absolute Gasteiger partial charge is 0.316 e. The van der Waals surface area contributed by atoms with E-state index in [0.29, 0.717) is 17.9 Å². The highest BCUT2D eigenvalue weighted by Crippen LogP contribution is 2.22. The van der Waals surface area contributed by atoms with Crippen LogP contribution in [0.5, 0.6) is 0 Å². The number of aromatic amines is 1. The minimum absolute atomic E-state index is 0.0890. The first-order valence-corrected chi connectivity index (χ1v) is 5.83. The second-order valence-electron chi connectivity index (χ2n) is 3.71. The van der Waals surface area contributed by atoms with Gasteiger partial charge in [0.15, 0.2) is 5.15 Å². The Balaban J connectivity index is 2.21. The van der Waals surface area contributed by atoms with Crippen LogP contribution in [0.15, 0.2) is 12.3 Å². The number of aromatic nitrogens is 4. The molecule has 0 aliphatic heterocycles. The van der Waals surface area contributed by atoms with Crippen molar-refractivity contribution in [3.05, 3.63) is 34.6 Å². The van der Waals surface area contributed by atoms with Crippen molar-refractivity contribution >= 4 is 23.2 Å². The van der Waals surface area contributed by atoms with Crippen LogP contribution in [0.2, 0.25) is 5.15 Å². The number of halogens is 1. The summed E-state index contributed by atoms with van der Waals surface area (Å²) < 4.78 is 0. The second-order valence-corrected chi connectivity index (χ2v) is 4.07. The molecule has 0 radical (unpaired) electrons. The number of hydrogen-bond donors (Lipinski definition) is 2. The zero-order valence-corrected chi connectivity index (χ0v) is 10.7. The third kappa shape index (κ3) is 2.48. The third-order valence-corrected chi connectivity index (χ3v) is 2.71. The van der Waals surface area contributed by atoms with E-state index in [9.17, 15) is 4.79 Å². The van der Waals surface area contributed by atoms with Crippen molar-refractivity contribution in [3.63, 3.8) is 0 Å². The number of nitrogens with one attached hydrogen (secondary N) is 2. The predicted octanol–water partition coefficient (Wildman–Crippen LogP) is 1.98. The lowest BCUT2D eigenvalue weighted by atomic mass is 10.2. The van der Waals surface area contributed by atoms with Crippen molar-refractivity contribution in [1.29, 1.82) is 0 Å². The summed E-state index contributed by atoms with van der Waals surface area (Å²) in [5, 5.41) is 9.41. The van der Waals surface area contributed by atoms with Crippen LogP contribution in [0.1, 0.15) is 28.9 Å². The molecule has 0 fully saturated rings. The molecule has 0 bridgehead atoms.